The maximum atomic E-state index is 6.27. The molecule has 1 saturated heterocycles. The Morgan fingerprint density at radius 1 is 0.757 bits per heavy atom. The lowest BCUT2D eigenvalue weighted by atomic mass is 9.95. The molecule has 0 unspecified atom stereocenters. The molecule has 4 aromatic carbocycles. The van der Waals surface area contributed by atoms with Crippen LogP contribution in [0.4, 0.5) is 0 Å². The summed E-state index contributed by atoms with van der Waals surface area (Å²) in [7, 11) is 0. The first-order chi connectivity index (χ1) is 18.3. The number of rotatable bonds is 8. The van der Waals surface area contributed by atoms with Gasteiger partial charge in [-0.3, -0.25) is 4.90 Å². The van der Waals surface area contributed by atoms with E-state index in [0.717, 1.165) is 25.3 Å². The van der Waals surface area contributed by atoms with E-state index in [4.69, 9.17) is 4.74 Å². The third kappa shape index (κ3) is 5.01. The summed E-state index contributed by atoms with van der Waals surface area (Å²) in [6, 6.07) is 30.4. The first kappa shape index (κ1) is 23.8. The summed E-state index contributed by atoms with van der Waals surface area (Å²) in [6.45, 7) is 7.31. The highest BCUT2D eigenvalue weighted by Gasteiger charge is 2.18. The molecule has 6 rings (SSSR count). The number of benzene rings is 4. The van der Waals surface area contributed by atoms with Gasteiger partial charge in [0.25, 0.3) is 0 Å². The van der Waals surface area contributed by atoms with Crippen molar-refractivity contribution in [2.75, 3.05) is 19.7 Å². The van der Waals surface area contributed by atoms with Crippen LogP contribution in [-0.4, -0.2) is 29.2 Å². The Morgan fingerprint density at radius 2 is 1.51 bits per heavy atom. The number of hydrogen-bond acceptors (Lipinski definition) is 2. The molecule has 2 heterocycles. The fraction of sp³-hybridized carbons (Fsp3) is 0.294. The molecule has 0 saturated carbocycles. The van der Waals surface area contributed by atoms with Crippen LogP contribution in [0.1, 0.15) is 36.8 Å². The van der Waals surface area contributed by atoms with E-state index in [0.29, 0.717) is 6.61 Å². The Bertz CT molecular complexity index is 1500. The number of aryl methyl sites for hydroxylation is 2. The largest absolute Gasteiger partial charge is 0.493 e. The minimum absolute atomic E-state index is 0.701. The molecule has 1 aliphatic heterocycles. The van der Waals surface area contributed by atoms with Gasteiger partial charge in [0.1, 0.15) is 5.75 Å². The third-order valence-corrected chi connectivity index (χ3v) is 7.81. The van der Waals surface area contributed by atoms with Gasteiger partial charge in [0.2, 0.25) is 0 Å². The zero-order chi connectivity index (χ0) is 25.0. The van der Waals surface area contributed by atoms with Crippen LogP contribution < -0.4 is 4.74 Å². The molecule has 3 nitrogen and oxygen atoms in total. The van der Waals surface area contributed by atoms with E-state index in [1.54, 1.807) is 0 Å². The number of likely N-dealkylation sites (tertiary alicyclic amines) is 1. The van der Waals surface area contributed by atoms with Gasteiger partial charge in [-0.25, -0.2) is 0 Å². The Hall–Kier alpha value is -3.56. The Morgan fingerprint density at radius 3 is 2.41 bits per heavy atom. The van der Waals surface area contributed by atoms with Gasteiger partial charge in [-0.15, -0.1) is 0 Å². The molecule has 1 aliphatic rings. The smallest absolute Gasteiger partial charge is 0.127 e. The van der Waals surface area contributed by atoms with E-state index >= 15 is 0 Å². The molecule has 1 fully saturated rings. The number of ether oxygens (including phenoxy) is 1. The number of nitrogens with zero attached hydrogens (tertiary/aromatic N) is 2. The second-order valence-corrected chi connectivity index (χ2v) is 10.4. The third-order valence-electron chi connectivity index (χ3n) is 7.81. The van der Waals surface area contributed by atoms with Crippen molar-refractivity contribution in [1.29, 1.82) is 0 Å². The van der Waals surface area contributed by atoms with Crippen LogP contribution in [0.5, 0.6) is 5.75 Å². The molecule has 0 atom stereocenters. The van der Waals surface area contributed by atoms with Gasteiger partial charge in [0.05, 0.1) is 6.61 Å². The normalized spacial score (nSPS) is 14.4. The van der Waals surface area contributed by atoms with E-state index in [-0.39, 0.29) is 0 Å². The van der Waals surface area contributed by atoms with Crippen molar-refractivity contribution in [3.8, 4) is 16.9 Å². The monoisotopic (exact) mass is 488 g/mol. The predicted octanol–water partition coefficient (Wildman–Crippen LogP) is 8.22. The van der Waals surface area contributed by atoms with Gasteiger partial charge in [-0.1, -0.05) is 79.2 Å². The van der Waals surface area contributed by atoms with E-state index in [1.807, 2.05) is 0 Å². The fourth-order valence-corrected chi connectivity index (χ4v) is 5.94. The van der Waals surface area contributed by atoms with Crippen molar-refractivity contribution in [1.82, 2.24) is 9.47 Å². The summed E-state index contributed by atoms with van der Waals surface area (Å²) in [5, 5.41) is 3.82. The first-order valence-electron chi connectivity index (χ1n) is 13.8. The van der Waals surface area contributed by atoms with Crippen molar-refractivity contribution in [2.24, 2.45) is 0 Å². The van der Waals surface area contributed by atoms with Crippen LogP contribution in [0.25, 0.3) is 32.8 Å². The van der Waals surface area contributed by atoms with Gasteiger partial charge in [-0.2, -0.15) is 0 Å². The molecule has 3 heteroatoms. The molecular weight excluding hydrogens is 452 g/mol. The fourth-order valence-electron chi connectivity index (χ4n) is 5.94. The van der Waals surface area contributed by atoms with Gasteiger partial charge < -0.3 is 9.30 Å². The highest BCUT2D eigenvalue weighted by molar-refractivity contribution is 5.98. The van der Waals surface area contributed by atoms with Crippen LogP contribution >= 0.6 is 0 Å². The quantitative estimate of drug-likeness (QED) is 0.205. The predicted molar refractivity (Wildman–Crippen MR) is 155 cm³/mol. The van der Waals surface area contributed by atoms with Gasteiger partial charge in [0.15, 0.2) is 0 Å². The SMILES string of the molecule is Cc1ccccc1-c1cccc2c1c(CN1CCCCC1)cn2CCCOc1cccc2ccccc12. The standard InChI is InChI=1S/C34H36N2O/c1-26-12-3-5-15-29(26)31-17-10-18-32-34(31)28(24-35-20-7-2-8-21-35)25-36(32)22-11-23-37-33-19-9-14-27-13-4-6-16-30(27)33/h3-6,9-10,12-19,25H,2,7-8,11,20-24H2,1H3. The topological polar surface area (TPSA) is 17.4 Å². The Kier molecular flexibility index (Phi) is 6.96. The first-order valence-corrected chi connectivity index (χ1v) is 13.8. The van der Waals surface area contributed by atoms with Crippen molar-refractivity contribution >= 4 is 21.7 Å². The summed E-state index contributed by atoms with van der Waals surface area (Å²) in [5.41, 5.74) is 6.80. The summed E-state index contributed by atoms with van der Waals surface area (Å²) < 4.78 is 8.73. The minimum atomic E-state index is 0.701. The van der Waals surface area contributed by atoms with Crippen molar-refractivity contribution in [2.45, 2.75) is 45.7 Å². The summed E-state index contributed by atoms with van der Waals surface area (Å²) in [6.07, 6.45) is 7.37. The molecule has 0 radical (unpaired) electrons. The molecule has 1 aromatic heterocycles. The van der Waals surface area contributed by atoms with Crippen molar-refractivity contribution in [3.63, 3.8) is 0 Å². The lowest BCUT2D eigenvalue weighted by molar-refractivity contribution is 0.221. The molecule has 188 valence electrons. The molecule has 5 aromatic rings. The summed E-state index contributed by atoms with van der Waals surface area (Å²) in [4.78, 5) is 2.64. The number of aromatic nitrogens is 1. The minimum Gasteiger partial charge on any atom is -0.493 e. The summed E-state index contributed by atoms with van der Waals surface area (Å²) in [5.74, 6) is 0.975. The van der Waals surface area contributed by atoms with E-state index in [9.17, 15) is 0 Å². The van der Waals surface area contributed by atoms with Crippen LogP contribution in [-0.2, 0) is 13.1 Å². The van der Waals surface area contributed by atoms with Crippen molar-refractivity contribution < 1.29 is 4.74 Å². The summed E-state index contributed by atoms with van der Waals surface area (Å²) >= 11 is 0. The molecule has 0 bridgehead atoms. The molecule has 0 spiro atoms. The molecule has 0 aliphatic carbocycles. The lowest BCUT2D eigenvalue weighted by Crippen LogP contribution is -2.29. The van der Waals surface area contributed by atoms with Crippen LogP contribution in [0, 0.1) is 6.92 Å². The Labute approximate surface area is 220 Å². The zero-order valence-electron chi connectivity index (χ0n) is 21.8. The molecule has 0 N–H and O–H groups in total. The number of piperidine rings is 1. The average Bonchev–Trinajstić information content (AvgIpc) is 3.29. The van der Waals surface area contributed by atoms with E-state index in [2.05, 4.69) is 108 Å². The van der Waals surface area contributed by atoms with Gasteiger partial charge in [-0.05, 0) is 79.0 Å². The molecule has 37 heavy (non-hydrogen) atoms. The zero-order valence-corrected chi connectivity index (χ0v) is 21.8. The number of hydrogen-bond donors (Lipinski definition) is 0. The van der Waals surface area contributed by atoms with Crippen molar-refractivity contribution in [3.05, 3.63) is 102 Å². The Balaban J connectivity index is 1.27. The van der Waals surface area contributed by atoms with Gasteiger partial charge in [0, 0.05) is 35.6 Å². The highest BCUT2D eigenvalue weighted by Crippen LogP contribution is 2.35. The highest BCUT2D eigenvalue weighted by atomic mass is 16.5. The second kappa shape index (κ2) is 10.8. The van der Waals surface area contributed by atoms with E-state index in [1.165, 1.54) is 76.3 Å². The number of fused-ring (bicyclic) bond motifs is 2. The maximum absolute atomic E-state index is 6.27. The maximum Gasteiger partial charge on any atom is 0.127 e. The molecular formula is C34H36N2O. The molecule has 0 amide bonds. The van der Waals surface area contributed by atoms with Crippen LogP contribution in [0.15, 0.2) is 91.1 Å². The van der Waals surface area contributed by atoms with Gasteiger partial charge >= 0.3 is 0 Å². The van der Waals surface area contributed by atoms with Crippen LogP contribution in [0.2, 0.25) is 0 Å². The second-order valence-electron chi connectivity index (χ2n) is 10.4. The average molecular weight is 489 g/mol. The van der Waals surface area contributed by atoms with Crippen LogP contribution in [0.3, 0.4) is 0 Å². The van der Waals surface area contributed by atoms with E-state index < -0.39 is 0 Å². The lowest BCUT2D eigenvalue weighted by Gasteiger charge is -2.26.